The third kappa shape index (κ3) is 3.30. The fourth-order valence-corrected chi connectivity index (χ4v) is 0.250. The van der Waals surface area contributed by atoms with Crippen LogP contribution in [-0.4, -0.2) is 13.1 Å². The Bertz CT molecular complexity index is 82.5. The average Bonchev–Trinajstić information content (AvgIpc) is 1.84. The molecule has 0 aromatic heterocycles. The van der Waals surface area contributed by atoms with E-state index in [4.69, 9.17) is 1.37 Å². The average molecular weight is 103 g/mol. The highest BCUT2D eigenvalue weighted by Gasteiger charge is 1.92. The topological polar surface area (TPSA) is 26.3 Å². The zero-order valence-electron chi connectivity index (χ0n) is 5.60. The minimum absolute atomic E-state index is 0.451. The van der Waals surface area contributed by atoms with Crippen molar-refractivity contribution in [2.75, 3.05) is 7.11 Å². The standard InChI is InChI=1S/C5H10O2/c1-3-4-5(6)7-2/h3-4H2,1-2H3/i4D. The minimum Gasteiger partial charge on any atom is -0.469 e. The lowest BCUT2D eigenvalue weighted by molar-refractivity contribution is -0.140. The molecule has 0 N–H and O–H groups in total. The van der Waals surface area contributed by atoms with Crippen molar-refractivity contribution in [2.45, 2.75) is 19.7 Å². The lowest BCUT2D eigenvalue weighted by Gasteiger charge is -1.91. The lowest BCUT2D eigenvalue weighted by atomic mass is 10.3. The maximum atomic E-state index is 10.3. The molecule has 0 aliphatic carbocycles. The smallest absolute Gasteiger partial charge is 0.305 e. The van der Waals surface area contributed by atoms with E-state index in [2.05, 4.69) is 4.74 Å². The number of carbonyl (C=O) groups is 1. The van der Waals surface area contributed by atoms with Crippen molar-refractivity contribution in [1.82, 2.24) is 0 Å². The molecular formula is C5H10O2. The van der Waals surface area contributed by atoms with Gasteiger partial charge in [-0.05, 0) is 6.42 Å². The lowest BCUT2D eigenvalue weighted by Crippen LogP contribution is -1.97. The first-order valence-corrected chi connectivity index (χ1v) is 2.22. The highest BCUT2D eigenvalue weighted by Crippen LogP contribution is 1.86. The van der Waals surface area contributed by atoms with Crippen LogP contribution in [0, 0.1) is 0 Å². The Morgan fingerprint density at radius 2 is 2.57 bits per heavy atom. The summed E-state index contributed by atoms with van der Waals surface area (Å²) in [6, 6.07) is 0. The summed E-state index contributed by atoms with van der Waals surface area (Å²) in [5, 5.41) is 0. The van der Waals surface area contributed by atoms with E-state index in [1.54, 1.807) is 6.92 Å². The molecule has 0 bridgehead atoms. The molecule has 2 nitrogen and oxygen atoms in total. The van der Waals surface area contributed by atoms with Crippen molar-refractivity contribution in [2.24, 2.45) is 0 Å². The van der Waals surface area contributed by atoms with Crippen molar-refractivity contribution in [1.29, 1.82) is 0 Å². The molecule has 0 aromatic rings. The van der Waals surface area contributed by atoms with Crippen LogP contribution in [0.1, 0.15) is 21.1 Å². The van der Waals surface area contributed by atoms with Crippen LogP contribution in [0.4, 0.5) is 0 Å². The summed E-state index contributed by atoms with van der Waals surface area (Å²) in [6.07, 6.45) is -0.174. The van der Waals surface area contributed by atoms with Gasteiger partial charge in [-0.3, -0.25) is 4.79 Å². The second kappa shape index (κ2) is 3.65. The Balaban J connectivity index is 3.46. The second-order valence-electron chi connectivity index (χ2n) is 1.14. The van der Waals surface area contributed by atoms with E-state index >= 15 is 0 Å². The summed E-state index contributed by atoms with van der Waals surface area (Å²) in [6.45, 7) is 1.77. The molecule has 0 aliphatic rings. The zero-order chi connectivity index (χ0) is 6.57. The van der Waals surface area contributed by atoms with Crippen LogP contribution < -0.4 is 0 Å². The predicted molar refractivity (Wildman–Crippen MR) is 26.9 cm³/mol. The van der Waals surface area contributed by atoms with Gasteiger partial charge in [-0.1, -0.05) is 6.92 Å². The molecule has 0 saturated carbocycles. The van der Waals surface area contributed by atoms with Gasteiger partial charge >= 0.3 is 5.97 Å². The molecule has 0 saturated heterocycles. The van der Waals surface area contributed by atoms with Crippen LogP contribution in [0.15, 0.2) is 0 Å². The number of ether oxygens (including phenoxy) is 1. The van der Waals surface area contributed by atoms with Crippen LogP contribution >= 0.6 is 0 Å². The van der Waals surface area contributed by atoms with Crippen molar-refractivity contribution in [3.63, 3.8) is 0 Å². The fourth-order valence-electron chi connectivity index (χ4n) is 0.250. The van der Waals surface area contributed by atoms with Crippen LogP contribution in [0.2, 0.25) is 0 Å². The largest absolute Gasteiger partial charge is 0.469 e. The molecule has 0 aliphatic heterocycles. The van der Waals surface area contributed by atoms with E-state index in [1.807, 2.05) is 0 Å². The SMILES string of the molecule is [2H]C(CC)C(=O)OC. The highest BCUT2D eigenvalue weighted by atomic mass is 16.5. The van der Waals surface area contributed by atoms with Gasteiger partial charge in [0.2, 0.25) is 0 Å². The third-order valence-electron chi connectivity index (χ3n) is 0.572. The second-order valence-corrected chi connectivity index (χ2v) is 1.14. The minimum atomic E-state index is -0.694. The third-order valence-corrected chi connectivity index (χ3v) is 0.572. The first-order chi connectivity index (χ1) is 3.72. The van der Waals surface area contributed by atoms with E-state index in [0.717, 1.165) is 0 Å². The summed E-state index contributed by atoms with van der Waals surface area (Å²) in [5.74, 6) is -0.451. The van der Waals surface area contributed by atoms with Crippen molar-refractivity contribution in [3.05, 3.63) is 0 Å². The van der Waals surface area contributed by atoms with Crippen LogP contribution in [0.25, 0.3) is 0 Å². The molecule has 0 heterocycles. The van der Waals surface area contributed by atoms with E-state index in [-0.39, 0.29) is 0 Å². The highest BCUT2D eigenvalue weighted by molar-refractivity contribution is 5.68. The van der Waals surface area contributed by atoms with Gasteiger partial charge < -0.3 is 4.74 Å². The Kier molecular flexibility index (Phi) is 2.41. The number of carbonyl (C=O) groups excluding carboxylic acids is 1. The predicted octanol–water partition coefficient (Wildman–Crippen LogP) is 0.960. The van der Waals surface area contributed by atoms with E-state index in [9.17, 15) is 4.79 Å². The molecule has 7 heavy (non-hydrogen) atoms. The van der Waals surface area contributed by atoms with Crippen LogP contribution in [0.3, 0.4) is 0 Å². The fraction of sp³-hybridized carbons (Fsp3) is 0.800. The van der Waals surface area contributed by atoms with Crippen LogP contribution in [0.5, 0.6) is 0 Å². The van der Waals surface area contributed by atoms with Crippen molar-refractivity contribution in [3.8, 4) is 0 Å². The normalized spacial score (nSPS) is 14.9. The monoisotopic (exact) mass is 103 g/mol. The van der Waals surface area contributed by atoms with E-state index < -0.39 is 12.4 Å². The summed E-state index contributed by atoms with van der Waals surface area (Å²) < 4.78 is 11.2. The molecule has 0 radical (unpaired) electrons. The number of esters is 1. The molecule has 0 rings (SSSR count). The number of methoxy groups -OCH3 is 1. The van der Waals surface area contributed by atoms with Crippen LogP contribution in [-0.2, 0) is 9.53 Å². The molecule has 42 valence electrons. The number of rotatable bonds is 2. The summed E-state index contributed by atoms with van der Waals surface area (Å²) in [5.41, 5.74) is 0. The first kappa shape index (κ1) is 4.62. The number of hydrogen-bond donors (Lipinski definition) is 0. The summed E-state index contributed by atoms with van der Waals surface area (Å²) in [7, 11) is 1.29. The molecule has 1 unspecified atom stereocenters. The summed E-state index contributed by atoms with van der Waals surface area (Å²) in [4.78, 5) is 10.3. The maximum absolute atomic E-state index is 10.3. The van der Waals surface area contributed by atoms with Gasteiger partial charge in [0.15, 0.2) is 0 Å². The molecular weight excluding hydrogens is 92.1 g/mol. The quantitative estimate of drug-likeness (QED) is 0.486. The van der Waals surface area contributed by atoms with Crippen molar-refractivity contribution < 1.29 is 10.9 Å². The first-order valence-electron chi connectivity index (χ1n) is 2.80. The summed E-state index contributed by atoms with van der Waals surface area (Å²) >= 11 is 0. The van der Waals surface area contributed by atoms with Gasteiger partial charge in [0.05, 0.1) is 7.11 Å². The van der Waals surface area contributed by atoms with Gasteiger partial charge in [0.1, 0.15) is 0 Å². The van der Waals surface area contributed by atoms with Crippen molar-refractivity contribution >= 4 is 5.97 Å². The van der Waals surface area contributed by atoms with E-state index in [1.165, 1.54) is 7.11 Å². The van der Waals surface area contributed by atoms with Gasteiger partial charge in [-0.2, -0.15) is 0 Å². The number of hydrogen-bond acceptors (Lipinski definition) is 2. The Labute approximate surface area is 44.9 Å². The zero-order valence-corrected chi connectivity index (χ0v) is 4.60. The van der Waals surface area contributed by atoms with Gasteiger partial charge in [-0.25, -0.2) is 0 Å². The molecule has 0 fully saturated rings. The maximum Gasteiger partial charge on any atom is 0.305 e. The molecule has 2 heteroatoms. The van der Waals surface area contributed by atoms with Gasteiger partial charge in [0, 0.05) is 7.77 Å². The Hall–Kier alpha value is -0.530. The Morgan fingerprint density at radius 1 is 2.00 bits per heavy atom. The van der Waals surface area contributed by atoms with Gasteiger partial charge in [0.25, 0.3) is 0 Å². The molecule has 0 aromatic carbocycles. The molecule has 1 atom stereocenters. The molecule has 0 amide bonds. The van der Waals surface area contributed by atoms with E-state index in [0.29, 0.717) is 6.42 Å². The van der Waals surface area contributed by atoms with Gasteiger partial charge in [-0.15, -0.1) is 0 Å². The Morgan fingerprint density at radius 3 is 2.71 bits per heavy atom. The molecule has 0 spiro atoms.